The third-order valence-electron chi connectivity index (χ3n) is 3.01. The van der Waals surface area contributed by atoms with Gasteiger partial charge in [-0.15, -0.1) is 11.3 Å². The Morgan fingerprint density at radius 2 is 1.36 bits per heavy atom. The number of carbonyl (C=O) groups is 2. The summed E-state index contributed by atoms with van der Waals surface area (Å²) in [6.45, 7) is 3.95. The summed E-state index contributed by atoms with van der Waals surface area (Å²) in [6, 6.07) is 3.52. The first-order chi connectivity index (χ1) is 12.1. The number of rotatable bonds is 6. The fourth-order valence-electron chi connectivity index (χ4n) is 1.94. The summed E-state index contributed by atoms with van der Waals surface area (Å²) in [4.78, 5) is 32.8. The van der Waals surface area contributed by atoms with Gasteiger partial charge in [0.2, 0.25) is 11.8 Å². The Morgan fingerprint density at radius 3 is 1.76 bits per heavy atom. The third-order valence-corrected chi connectivity index (χ3v) is 4.07. The van der Waals surface area contributed by atoms with Crippen molar-refractivity contribution in [2.75, 3.05) is 13.2 Å². The van der Waals surface area contributed by atoms with Crippen LogP contribution in [0, 0.1) is 0 Å². The molecule has 3 aromatic rings. The zero-order chi connectivity index (χ0) is 17.8. The summed E-state index contributed by atoms with van der Waals surface area (Å²) in [6.07, 6.45) is 2.49. The van der Waals surface area contributed by atoms with Gasteiger partial charge in [-0.05, 0) is 26.0 Å². The van der Waals surface area contributed by atoms with E-state index >= 15 is 0 Å². The highest BCUT2D eigenvalue weighted by molar-refractivity contribution is 7.18. The minimum atomic E-state index is -0.541. The van der Waals surface area contributed by atoms with Gasteiger partial charge in [0.25, 0.3) is 0 Å². The molecule has 0 saturated carbocycles. The van der Waals surface area contributed by atoms with E-state index in [0.717, 1.165) is 0 Å². The lowest BCUT2D eigenvalue weighted by atomic mass is 10.4. The molecule has 25 heavy (non-hydrogen) atoms. The molecule has 0 aliphatic heterocycles. The van der Waals surface area contributed by atoms with E-state index in [0.29, 0.717) is 9.75 Å². The molecule has 9 heteroatoms. The molecule has 0 amide bonds. The van der Waals surface area contributed by atoms with Crippen molar-refractivity contribution in [2.24, 2.45) is 0 Å². The first-order valence-corrected chi connectivity index (χ1v) is 8.29. The van der Waals surface area contributed by atoms with Crippen molar-refractivity contribution in [1.82, 2.24) is 9.97 Å². The summed E-state index contributed by atoms with van der Waals surface area (Å²) >= 11 is 1.30. The number of oxazole rings is 2. The van der Waals surface area contributed by atoms with E-state index in [1.165, 1.54) is 23.9 Å². The molecule has 3 rings (SSSR count). The van der Waals surface area contributed by atoms with Crippen molar-refractivity contribution in [3.63, 3.8) is 0 Å². The fraction of sp³-hybridized carbons (Fsp3) is 0.250. The minimum absolute atomic E-state index is 0.104. The van der Waals surface area contributed by atoms with E-state index in [1.54, 1.807) is 26.0 Å². The number of aromatic nitrogens is 2. The lowest BCUT2D eigenvalue weighted by Gasteiger charge is -1.94. The van der Waals surface area contributed by atoms with Crippen molar-refractivity contribution < 1.29 is 27.9 Å². The summed E-state index contributed by atoms with van der Waals surface area (Å²) in [7, 11) is 0. The van der Waals surface area contributed by atoms with Crippen LogP contribution in [0.1, 0.15) is 34.8 Å². The zero-order valence-corrected chi connectivity index (χ0v) is 14.3. The Hall–Kier alpha value is -2.94. The molecule has 0 fully saturated rings. The smallest absolute Gasteiger partial charge is 0.360 e. The monoisotopic (exact) mass is 362 g/mol. The Bertz CT molecular complexity index is 823. The number of esters is 2. The average molecular weight is 362 g/mol. The second-order valence-corrected chi connectivity index (χ2v) is 5.76. The van der Waals surface area contributed by atoms with Crippen LogP contribution < -0.4 is 0 Å². The molecule has 0 aliphatic rings. The molecule has 130 valence electrons. The van der Waals surface area contributed by atoms with Gasteiger partial charge in [-0.1, -0.05) is 0 Å². The van der Waals surface area contributed by atoms with Crippen LogP contribution in [0.3, 0.4) is 0 Å². The van der Waals surface area contributed by atoms with Crippen LogP contribution in [-0.2, 0) is 9.47 Å². The molecule has 8 nitrogen and oxygen atoms in total. The van der Waals surface area contributed by atoms with Gasteiger partial charge in [0.1, 0.15) is 12.5 Å². The van der Waals surface area contributed by atoms with Crippen molar-refractivity contribution in [3.05, 3.63) is 36.0 Å². The Morgan fingerprint density at radius 1 is 0.920 bits per heavy atom. The minimum Gasteiger partial charge on any atom is -0.461 e. The molecule has 0 aromatic carbocycles. The summed E-state index contributed by atoms with van der Waals surface area (Å²) in [5, 5.41) is 0. The highest BCUT2D eigenvalue weighted by atomic mass is 32.1. The van der Waals surface area contributed by atoms with E-state index < -0.39 is 11.9 Å². The summed E-state index contributed by atoms with van der Waals surface area (Å²) in [5.41, 5.74) is 0.208. The van der Waals surface area contributed by atoms with Crippen LogP contribution in [0.15, 0.2) is 33.5 Å². The van der Waals surface area contributed by atoms with Gasteiger partial charge in [-0.3, -0.25) is 0 Å². The standard InChI is InChI=1S/C16H14N2O6S/c1-3-21-15(19)9-7-23-13(17-9)11-5-6-12(25-11)14-18-10(8-24-14)16(20)22-4-2/h5-8H,3-4H2,1-2H3. The molecule has 0 aliphatic carbocycles. The van der Waals surface area contributed by atoms with Crippen molar-refractivity contribution in [3.8, 4) is 21.5 Å². The van der Waals surface area contributed by atoms with E-state index in [-0.39, 0.29) is 36.4 Å². The maximum absolute atomic E-state index is 11.6. The molecule has 3 heterocycles. The van der Waals surface area contributed by atoms with Gasteiger partial charge in [-0.2, -0.15) is 0 Å². The Kier molecular flexibility index (Phi) is 4.94. The van der Waals surface area contributed by atoms with Crippen LogP contribution in [0.25, 0.3) is 21.5 Å². The lowest BCUT2D eigenvalue weighted by molar-refractivity contribution is 0.0510. The number of carbonyl (C=O) groups excluding carboxylic acids is 2. The van der Waals surface area contributed by atoms with E-state index in [2.05, 4.69) is 9.97 Å². The number of hydrogen-bond donors (Lipinski definition) is 0. The predicted molar refractivity (Wildman–Crippen MR) is 87.2 cm³/mol. The normalized spacial score (nSPS) is 10.6. The molecule has 0 unspecified atom stereocenters. The summed E-state index contributed by atoms with van der Waals surface area (Å²) < 4.78 is 20.4. The predicted octanol–water partition coefficient (Wildman–Crippen LogP) is 3.41. The Labute approximate surface area is 146 Å². The maximum atomic E-state index is 11.6. The SMILES string of the molecule is CCOC(=O)c1coc(-c2ccc(-c3nc(C(=O)OCC)co3)s2)n1. The van der Waals surface area contributed by atoms with Crippen LogP contribution >= 0.6 is 11.3 Å². The highest BCUT2D eigenvalue weighted by Crippen LogP contribution is 2.33. The first kappa shape index (κ1) is 16.9. The van der Waals surface area contributed by atoms with Crippen molar-refractivity contribution in [1.29, 1.82) is 0 Å². The summed E-state index contributed by atoms with van der Waals surface area (Å²) in [5.74, 6) is -0.505. The van der Waals surface area contributed by atoms with Crippen molar-refractivity contribution in [2.45, 2.75) is 13.8 Å². The van der Waals surface area contributed by atoms with Crippen molar-refractivity contribution >= 4 is 23.3 Å². The molecule has 3 aromatic heterocycles. The molecule has 0 spiro atoms. The molecule has 0 saturated heterocycles. The van der Waals surface area contributed by atoms with Gasteiger partial charge in [-0.25, -0.2) is 19.6 Å². The second kappa shape index (κ2) is 7.31. The topological polar surface area (TPSA) is 105 Å². The van der Waals surface area contributed by atoms with E-state index in [9.17, 15) is 9.59 Å². The molecule has 0 bridgehead atoms. The number of nitrogens with zero attached hydrogens (tertiary/aromatic N) is 2. The third kappa shape index (κ3) is 3.61. The zero-order valence-electron chi connectivity index (χ0n) is 13.5. The van der Waals surface area contributed by atoms with Gasteiger partial charge < -0.3 is 18.3 Å². The number of ether oxygens (including phenoxy) is 2. The average Bonchev–Trinajstić information content (AvgIpc) is 3.33. The second-order valence-electron chi connectivity index (χ2n) is 4.68. The van der Waals surface area contributed by atoms with Gasteiger partial charge in [0.15, 0.2) is 11.4 Å². The van der Waals surface area contributed by atoms with Gasteiger partial charge >= 0.3 is 11.9 Å². The van der Waals surface area contributed by atoms with Crippen LogP contribution in [0.4, 0.5) is 0 Å². The van der Waals surface area contributed by atoms with Crippen LogP contribution in [-0.4, -0.2) is 35.1 Å². The molecule has 0 radical (unpaired) electrons. The first-order valence-electron chi connectivity index (χ1n) is 7.48. The highest BCUT2D eigenvalue weighted by Gasteiger charge is 2.19. The Balaban J connectivity index is 1.79. The quantitative estimate of drug-likeness (QED) is 0.614. The molecule has 0 atom stereocenters. The fourth-order valence-corrected chi connectivity index (χ4v) is 2.81. The molecule has 0 N–H and O–H groups in total. The van der Waals surface area contributed by atoms with Gasteiger partial charge in [0, 0.05) is 0 Å². The van der Waals surface area contributed by atoms with E-state index in [4.69, 9.17) is 18.3 Å². The van der Waals surface area contributed by atoms with Gasteiger partial charge in [0.05, 0.1) is 23.0 Å². The largest absolute Gasteiger partial charge is 0.461 e. The molecular weight excluding hydrogens is 348 g/mol. The van der Waals surface area contributed by atoms with Crippen LogP contribution in [0.2, 0.25) is 0 Å². The van der Waals surface area contributed by atoms with E-state index in [1.807, 2.05) is 0 Å². The number of thiophene rings is 1. The maximum Gasteiger partial charge on any atom is 0.360 e. The number of hydrogen-bond acceptors (Lipinski definition) is 9. The van der Waals surface area contributed by atoms with Crippen LogP contribution in [0.5, 0.6) is 0 Å². The lowest BCUT2D eigenvalue weighted by Crippen LogP contribution is -2.04. The molecular formula is C16H14N2O6S.